The second-order valence-electron chi connectivity index (χ2n) is 5.49. The molecule has 0 spiro atoms. The average molecular weight is 268 g/mol. The maximum atomic E-state index is 11.7. The number of hydrogen-bond donors (Lipinski definition) is 1. The van der Waals surface area contributed by atoms with Gasteiger partial charge in [-0.05, 0) is 27.3 Å². The highest BCUT2D eigenvalue weighted by atomic mass is 16.5. The van der Waals surface area contributed by atoms with Crippen LogP contribution in [0.25, 0.3) is 0 Å². The van der Waals surface area contributed by atoms with E-state index in [-0.39, 0.29) is 18.1 Å². The Morgan fingerprint density at radius 3 is 2.84 bits per heavy atom. The molecule has 1 aromatic rings. The number of ether oxygens (including phenoxy) is 1. The molecule has 0 radical (unpaired) electrons. The van der Waals surface area contributed by atoms with E-state index in [0.717, 1.165) is 0 Å². The maximum absolute atomic E-state index is 11.7. The van der Waals surface area contributed by atoms with Crippen LogP contribution in [0.2, 0.25) is 0 Å². The molecule has 1 saturated heterocycles. The van der Waals surface area contributed by atoms with Crippen molar-refractivity contribution >= 4 is 5.97 Å². The van der Waals surface area contributed by atoms with Gasteiger partial charge in [0, 0.05) is 6.54 Å². The molecule has 2 atom stereocenters. The highest BCUT2D eigenvalue weighted by Crippen LogP contribution is 2.30. The Morgan fingerprint density at radius 1 is 1.58 bits per heavy atom. The predicted octanol–water partition coefficient (Wildman–Crippen LogP) is -0.0763. The Labute approximate surface area is 112 Å². The Hall–Kier alpha value is -1.47. The monoisotopic (exact) mass is 268 g/mol. The van der Waals surface area contributed by atoms with Crippen molar-refractivity contribution in [3.63, 3.8) is 0 Å². The van der Waals surface area contributed by atoms with Gasteiger partial charge in [0.1, 0.15) is 11.6 Å². The summed E-state index contributed by atoms with van der Waals surface area (Å²) >= 11 is 0. The quantitative estimate of drug-likeness (QED) is 0.773. The van der Waals surface area contributed by atoms with Gasteiger partial charge in [-0.15, -0.1) is 5.10 Å². The fraction of sp³-hybridized carbons (Fsp3) is 0.750. The van der Waals surface area contributed by atoms with E-state index < -0.39 is 5.60 Å². The molecule has 0 unspecified atom stereocenters. The van der Waals surface area contributed by atoms with Crippen molar-refractivity contribution in [2.45, 2.75) is 38.0 Å². The summed E-state index contributed by atoms with van der Waals surface area (Å²) in [7, 11) is 3.27. The summed E-state index contributed by atoms with van der Waals surface area (Å²) in [6.45, 7) is 4.06. The third kappa shape index (κ3) is 2.62. The molecule has 1 aliphatic heterocycles. The Kier molecular flexibility index (Phi) is 3.60. The van der Waals surface area contributed by atoms with Crippen LogP contribution in [0.1, 0.15) is 32.0 Å². The molecule has 7 nitrogen and oxygen atoms in total. The van der Waals surface area contributed by atoms with Crippen molar-refractivity contribution in [1.82, 2.24) is 19.9 Å². The van der Waals surface area contributed by atoms with E-state index in [1.54, 1.807) is 24.7 Å². The van der Waals surface area contributed by atoms with Crippen LogP contribution >= 0.6 is 0 Å². The average Bonchev–Trinajstić information content (AvgIpc) is 2.92. The third-order valence-corrected chi connectivity index (χ3v) is 3.55. The minimum atomic E-state index is -1.01. The van der Waals surface area contributed by atoms with E-state index in [4.69, 9.17) is 4.74 Å². The zero-order valence-corrected chi connectivity index (χ0v) is 11.7. The topological polar surface area (TPSA) is 80.5 Å². The summed E-state index contributed by atoms with van der Waals surface area (Å²) in [5.74, 6) is -0.241. The molecule has 106 valence electrons. The molecular formula is C12H20N4O3. The summed E-state index contributed by atoms with van der Waals surface area (Å²) in [4.78, 5) is 13.6. The molecule has 0 saturated carbocycles. The van der Waals surface area contributed by atoms with Crippen LogP contribution in [0.3, 0.4) is 0 Å². The van der Waals surface area contributed by atoms with Crippen LogP contribution in [-0.2, 0) is 15.1 Å². The number of aliphatic hydroxyl groups is 1. The van der Waals surface area contributed by atoms with Crippen LogP contribution in [0.5, 0.6) is 0 Å². The molecule has 7 heteroatoms. The first-order chi connectivity index (χ1) is 8.84. The largest absolute Gasteiger partial charge is 0.468 e. The Bertz CT molecular complexity index is 466. The number of likely N-dealkylation sites (tertiary alicyclic amines) is 1. The van der Waals surface area contributed by atoms with Crippen molar-refractivity contribution in [2.75, 3.05) is 20.7 Å². The first-order valence-corrected chi connectivity index (χ1v) is 6.25. The number of carbonyl (C=O) groups is 1. The lowest BCUT2D eigenvalue weighted by Gasteiger charge is -2.21. The highest BCUT2D eigenvalue weighted by molar-refractivity contribution is 5.76. The third-order valence-electron chi connectivity index (χ3n) is 3.55. The zero-order valence-electron chi connectivity index (χ0n) is 11.7. The maximum Gasteiger partial charge on any atom is 0.323 e. The first kappa shape index (κ1) is 14.0. The van der Waals surface area contributed by atoms with Crippen LogP contribution in [0, 0.1) is 0 Å². The molecule has 0 amide bonds. The van der Waals surface area contributed by atoms with Gasteiger partial charge in [-0.25, -0.2) is 4.68 Å². The molecule has 2 rings (SSSR count). The molecule has 2 heterocycles. The van der Waals surface area contributed by atoms with Gasteiger partial charge in [-0.1, -0.05) is 5.21 Å². The molecule has 1 N–H and O–H groups in total. The number of nitrogens with zero attached hydrogens (tertiary/aromatic N) is 4. The summed E-state index contributed by atoms with van der Waals surface area (Å²) in [6.07, 6.45) is 2.17. The fourth-order valence-corrected chi connectivity index (χ4v) is 2.51. The molecule has 1 aromatic heterocycles. The van der Waals surface area contributed by atoms with Gasteiger partial charge in [0.05, 0.1) is 25.0 Å². The van der Waals surface area contributed by atoms with E-state index in [2.05, 4.69) is 10.3 Å². The number of hydrogen-bond acceptors (Lipinski definition) is 6. The van der Waals surface area contributed by atoms with Crippen molar-refractivity contribution in [1.29, 1.82) is 0 Å². The van der Waals surface area contributed by atoms with E-state index in [1.807, 2.05) is 11.9 Å². The number of carbonyl (C=O) groups excluding carboxylic acids is 1. The first-order valence-electron chi connectivity index (χ1n) is 6.25. The van der Waals surface area contributed by atoms with E-state index in [0.29, 0.717) is 18.7 Å². The minimum Gasteiger partial charge on any atom is -0.468 e. The van der Waals surface area contributed by atoms with Crippen molar-refractivity contribution < 1.29 is 14.6 Å². The second kappa shape index (κ2) is 4.90. The van der Waals surface area contributed by atoms with Gasteiger partial charge in [-0.3, -0.25) is 9.69 Å². The van der Waals surface area contributed by atoms with Crippen LogP contribution in [-0.4, -0.2) is 57.7 Å². The minimum absolute atomic E-state index is 0.0121. The number of rotatable bonds is 3. The van der Waals surface area contributed by atoms with Crippen LogP contribution in [0.4, 0.5) is 0 Å². The van der Waals surface area contributed by atoms with Gasteiger partial charge in [-0.2, -0.15) is 0 Å². The predicted molar refractivity (Wildman–Crippen MR) is 67.4 cm³/mol. The lowest BCUT2D eigenvalue weighted by atomic mass is 10.1. The number of esters is 1. The van der Waals surface area contributed by atoms with Gasteiger partial charge >= 0.3 is 5.97 Å². The van der Waals surface area contributed by atoms with E-state index >= 15 is 0 Å². The molecule has 1 fully saturated rings. The number of methoxy groups -OCH3 is 1. The van der Waals surface area contributed by atoms with Crippen molar-refractivity contribution in [3.05, 3.63) is 11.9 Å². The number of aromatic nitrogens is 3. The lowest BCUT2D eigenvalue weighted by molar-refractivity contribution is -0.145. The SMILES string of the molecule is COC(=O)[C@@H]1C[C@H](n2nncc2C(C)(C)O)CN1C. The van der Waals surface area contributed by atoms with Crippen molar-refractivity contribution in [2.24, 2.45) is 0 Å². The standard InChI is InChI=1S/C12H20N4O3/c1-12(2,18)10-6-13-14-16(10)8-5-9(11(17)19-4)15(3)7-8/h6,8-9,18H,5,7H2,1-4H3/t8-,9-/m0/s1. The summed E-state index contributed by atoms with van der Waals surface area (Å²) in [5, 5.41) is 18.0. The number of likely N-dealkylation sites (N-methyl/N-ethyl adjacent to an activating group) is 1. The molecule has 0 bridgehead atoms. The van der Waals surface area contributed by atoms with Gasteiger partial charge in [0.2, 0.25) is 0 Å². The van der Waals surface area contributed by atoms with Gasteiger partial charge < -0.3 is 9.84 Å². The molecule has 19 heavy (non-hydrogen) atoms. The Morgan fingerprint density at radius 2 is 2.26 bits per heavy atom. The van der Waals surface area contributed by atoms with Gasteiger partial charge in [0.15, 0.2) is 0 Å². The normalized spacial score (nSPS) is 24.7. The van der Waals surface area contributed by atoms with Crippen LogP contribution in [0.15, 0.2) is 6.20 Å². The summed E-state index contributed by atoms with van der Waals surface area (Å²) in [6, 6.07) is -0.258. The zero-order chi connectivity index (χ0) is 14.2. The van der Waals surface area contributed by atoms with E-state index in [9.17, 15) is 9.90 Å². The van der Waals surface area contributed by atoms with Crippen molar-refractivity contribution in [3.8, 4) is 0 Å². The molecule has 1 aliphatic rings. The second-order valence-corrected chi connectivity index (χ2v) is 5.49. The molecule has 0 aliphatic carbocycles. The molecule has 0 aromatic carbocycles. The highest BCUT2D eigenvalue weighted by Gasteiger charge is 2.38. The lowest BCUT2D eigenvalue weighted by Crippen LogP contribution is -2.33. The Balaban J connectivity index is 2.22. The van der Waals surface area contributed by atoms with Gasteiger partial charge in [0.25, 0.3) is 0 Å². The summed E-state index contributed by atoms with van der Waals surface area (Å²) in [5.41, 5.74) is -0.359. The van der Waals surface area contributed by atoms with E-state index in [1.165, 1.54) is 7.11 Å². The molecular weight excluding hydrogens is 248 g/mol. The summed E-state index contributed by atoms with van der Waals surface area (Å²) < 4.78 is 6.50. The smallest absolute Gasteiger partial charge is 0.323 e. The fourth-order valence-electron chi connectivity index (χ4n) is 2.51. The van der Waals surface area contributed by atoms with Crippen LogP contribution < -0.4 is 0 Å².